The highest BCUT2D eigenvalue weighted by atomic mass is 19.4. The molecule has 26 heavy (non-hydrogen) atoms. The highest BCUT2D eigenvalue weighted by Crippen LogP contribution is 2.31. The lowest BCUT2D eigenvalue weighted by Gasteiger charge is -2.12. The van der Waals surface area contributed by atoms with Crippen molar-refractivity contribution >= 4 is 5.65 Å². The summed E-state index contributed by atoms with van der Waals surface area (Å²) in [6.07, 6.45) is -3.90. The van der Waals surface area contributed by atoms with Gasteiger partial charge in [0.1, 0.15) is 5.75 Å². The Morgan fingerprint density at radius 3 is 2.35 bits per heavy atom. The zero-order valence-electron chi connectivity index (χ0n) is 14.5. The molecule has 0 saturated carbocycles. The van der Waals surface area contributed by atoms with Gasteiger partial charge >= 0.3 is 6.18 Å². The summed E-state index contributed by atoms with van der Waals surface area (Å²) in [4.78, 5) is 0. The van der Waals surface area contributed by atoms with Crippen molar-refractivity contribution in [3.05, 3.63) is 46.8 Å². The van der Waals surface area contributed by atoms with Crippen LogP contribution in [0.25, 0.3) is 5.65 Å². The molecule has 0 bridgehead atoms. The van der Waals surface area contributed by atoms with Gasteiger partial charge in [0.2, 0.25) is 5.88 Å². The van der Waals surface area contributed by atoms with Gasteiger partial charge in [0.05, 0.1) is 6.61 Å². The molecule has 6 nitrogen and oxygen atoms in total. The molecule has 138 valence electrons. The van der Waals surface area contributed by atoms with E-state index in [2.05, 4.69) is 15.3 Å². The van der Waals surface area contributed by atoms with Gasteiger partial charge < -0.3 is 9.47 Å². The molecular formula is C17H17F3N4O2. The second-order valence-corrected chi connectivity index (χ2v) is 5.80. The van der Waals surface area contributed by atoms with Crippen LogP contribution >= 0.6 is 0 Å². The Kier molecular flexibility index (Phi) is 4.82. The molecule has 0 N–H and O–H groups in total. The van der Waals surface area contributed by atoms with E-state index in [-0.39, 0.29) is 11.5 Å². The number of aromatic nitrogens is 4. The van der Waals surface area contributed by atoms with Crippen LogP contribution in [0.15, 0.2) is 24.3 Å². The normalized spacial score (nSPS) is 11.9. The summed E-state index contributed by atoms with van der Waals surface area (Å²) >= 11 is 0. The number of ether oxygens (including phenoxy) is 2. The van der Waals surface area contributed by atoms with E-state index in [1.165, 1.54) is 0 Å². The summed E-state index contributed by atoms with van der Waals surface area (Å²) in [5.74, 6) is -0.637. The van der Waals surface area contributed by atoms with E-state index in [0.29, 0.717) is 28.0 Å². The number of hydrogen-bond donors (Lipinski definition) is 0. The van der Waals surface area contributed by atoms with Crippen molar-refractivity contribution in [1.29, 1.82) is 0 Å². The van der Waals surface area contributed by atoms with Gasteiger partial charge in [-0.1, -0.05) is 12.1 Å². The van der Waals surface area contributed by atoms with Gasteiger partial charge in [-0.3, -0.25) is 0 Å². The zero-order chi connectivity index (χ0) is 18.9. The standard InChI is InChI=1S/C17H17F3N4O2/c1-10-11(2)15(23-24-14(10)21-22-16(24)17(18,19)20)26-13-6-4-12(5-7-13)8-9-25-3/h4-7H,8-9H2,1-3H3. The number of nitrogens with zero attached hydrogens (tertiary/aromatic N) is 4. The van der Waals surface area contributed by atoms with E-state index in [1.54, 1.807) is 33.1 Å². The summed E-state index contributed by atoms with van der Waals surface area (Å²) in [5.41, 5.74) is 2.24. The first-order chi connectivity index (χ1) is 12.3. The van der Waals surface area contributed by atoms with Crippen LogP contribution in [0.4, 0.5) is 13.2 Å². The largest absolute Gasteiger partial charge is 0.453 e. The highest BCUT2D eigenvalue weighted by molar-refractivity contribution is 5.53. The molecule has 1 aromatic carbocycles. The lowest BCUT2D eigenvalue weighted by Crippen LogP contribution is -2.13. The molecular weight excluding hydrogens is 349 g/mol. The molecule has 0 radical (unpaired) electrons. The highest BCUT2D eigenvalue weighted by Gasteiger charge is 2.38. The lowest BCUT2D eigenvalue weighted by molar-refractivity contribution is -0.146. The number of methoxy groups -OCH3 is 1. The number of alkyl halides is 3. The van der Waals surface area contributed by atoms with E-state index in [0.717, 1.165) is 12.0 Å². The SMILES string of the molecule is COCCc1ccc(Oc2nn3c(C(F)(F)F)nnc3c(C)c2C)cc1. The van der Waals surface area contributed by atoms with Crippen LogP contribution in [0.3, 0.4) is 0 Å². The molecule has 0 saturated heterocycles. The molecule has 0 amide bonds. The average molecular weight is 366 g/mol. The predicted octanol–water partition coefficient (Wildman–Crippen LogP) is 3.74. The van der Waals surface area contributed by atoms with Crippen LogP contribution in [0, 0.1) is 13.8 Å². The second kappa shape index (κ2) is 6.91. The number of fused-ring (bicyclic) bond motifs is 1. The third kappa shape index (κ3) is 3.48. The van der Waals surface area contributed by atoms with Gasteiger partial charge in [0.25, 0.3) is 5.82 Å². The number of hydrogen-bond acceptors (Lipinski definition) is 5. The monoisotopic (exact) mass is 366 g/mol. The Bertz CT molecular complexity index is 920. The summed E-state index contributed by atoms with van der Waals surface area (Å²) in [6.45, 7) is 3.97. The topological polar surface area (TPSA) is 61.5 Å². The minimum absolute atomic E-state index is 0.0529. The molecule has 0 unspecified atom stereocenters. The Balaban J connectivity index is 1.95. The number of aryl methyl sites for hydroxylation is 1. The molecule has 9 heteroatoms. The molecule has 3 rings (SSSR count). The lowest BCUT2D eigenvalue weighted by atomic mass is 10.1. The number of rotatable bonds is 5. The van der Waals surface area contributed by atoms with E-state index in [9.17, 15) is 13.2 Å². The van der Waals surface area contributed by atoms with Crippen molar-refractivity contribution in [3.63, 3.8) is 0 Å². The van der Waals surface area contributed by atoms with Crippen LogP contribution < -0.4 is 4.74 Å². The Labute approximate surface area is 147 Å². The summed E-state index contributed by atoms with van der Waals surface area (Å²) < 4.78 is 50.6. The third-order valence-electron chi connectivity index (χ3n) is 4.04. The number of benzene rings is 1. The molecule has 3 aromatic rings. The molecule has 0 spiro atoms. The first-order valence-corrected chi connectivity index (χ1v) is 7.87. The summed E-state index contributed by atoms with van der Waals surface area (Å²) in [7, 11) is 1.63. The molecule has 0 aliphatic heterocycles. The van der Waals surface area contributed by atoms with Gasteiger partial charge in [0.15, 0.2) is 5.65 Å². The second-order valence-electron chi connectivity index (χ2n) is 5.80. The van der Waals surface area contributed by atoms with E-state index >= 15 is 0 Å². The van der Waals surface area contributed by atoms with Gasteiger partial charge in [-0.25, -0.2) is 0 Å². The van der Waals surface area contributed by atoms with Gasteiger partial charge in [-0.2, -0.15) is 17.7 Å². The first-order valence-electron chi connectivity index (χ1n) is 7.87. The van der Waals surface area contributed by atoms with Crippen molar-refractivity contribution in [2.24, 2.45) is 0 Å². The van der Waals surface area contributed by atoms with Gasteiger partial charge in [-0.15, -0.1) is 15.3 Å². The van der Waals surface area contributed by atoms with Crippen molar-refractivity contribution in [1.82, 2.24) is 19.8 Å². The van der Waals surface area contributed by atoms with Crippen molar-refractivity contribution in [3.8, 4) is 11.6 Å². The van der Waals surface area contributed by atoms with Crippen LogP contribution in [-0.2, 0) is 17.3 Å². The fraction of sp³-hybridized carbons (Fsp3) is 0.353. The van der Waals surface area contributed by atoms with Crippen molar-refractivity contribution < 1.29 is 22.6 Å². The van der Waals surface area contributed by atoms with Crippen LogP contribution in [0.5, 0.6) is 11.6 Å². The van der Waals surface area contributed by atoms with E-state index in [4.69, 9.17) is 9.47 Å². The van der Waals surface area contributed by atoms with E-state index < -0.39 is 12.0 Å². The Hall–Kier alpha value is -2.68. The molecule has 2 aromatic heterocycles. The molecule has 0 aliphatic rings. The maximum absolute atomic E-state index is 13.1. The van der Waals surface area contributed by atoms with Gasteiger partial charge in [0, 0.05) is 18.2 Å². The summed E-state index contributed by atoms with van der Waals surface area (Å²) in [6, 6.07) is 7.22. The smallest absolute Gasteiger partial charge is 0.437 e. The van der Waals surface area contributed by atoms with Crippen LogP contribution in [0.1, 0.15) is 22.5 Å². The molecule has 0 atom stereocenters. The first kappa shape index (κ1) is 18.1. The fourth-order valence-electron chi connectivity index (χ4n) is 2.43. The molecule has 0 fully saturated rings. The maximum Gasteiger partial charge on any atom is 0.453 e. The van der Waals surface area contributed by atoms with Crippen molar-refractivity contribution in [2.75, 3.05) is 13.7 Å². The average Bonchev–Trinajstić information content (AvgIpc) is 3.03. The summed E-state index contributed by atoms with van der Waals surface area (Å²) in [5, 5.41) is 10.8. The quantitative estimate of drug-likeness (QED) is 0.688. The van der Waals surface area contributed by atoms with E-state index in [1.807, 2.05) is 12.1 Å². The third-order valence-corrected chi connectivity index (χ3v) is 4.04. The fourth-order valence-corrected chi connectivity index (χ4v) is 2.43. The Morgan fingerprint density at radius 2 is 1.73 bits per heavy atom. The van der Waals surface area contributed by atoms with Gasteiger partial charge in [-0.05, 0) is 38.0 Å². The predicted molar refractivity (Wildman–Crippen MR) is 87.4 cm³/mol. The Morgan fingerprint density at radius 1 is 1.04 bits per heavy atom. The minimum Gasteiger partial charge on any atom is -0.437 e. The zero-order valence-corrected chi connectivity index (χ0v) is 14.5. The number of halogens is 3. The van der Waals surface area contributed by atoms with Crippen LogP contribution in [-0.4, -0.2) is 33.5 Å². The van der Waals surface area contributed by atoms with Crippen molar-refractivity contribution in [2.45, 2.75) is 26.4 Å². The van der Waals surface area contributed by atoms with Crippen LogP contribution in [0.2, 0.25) is 0 Å². The minimum atomic E-state index is -4.66. The molecule has 0 aliphatic carbocycles. The molecule has 2 heterocycles. The maximum atomic E-state index is 13.1.